The molecule has 0 heterocycles. The van der Waals surface area contributed by atoms with E-state index in [9.17, 15) is 9.90 Å². The van der Waals surface area contributed by atoms with Gasteiger partial charge in [-0.05, 0) is 111 Å². The number of carbonyl (C=O) groups excluding carboxylic acids is 1. The average molecular weight is 445 g/mol. The molecule has 0 aliphatic heterocycles. The van der Waals surface area contributed by atoms with Crippen LogP contribution in [0.25, 0.3) is 0 Å². The van der Waals surface area contributed by atoms with E-state index in [1.807, 2.05) is 0 Å². The van der Waals surface area contributed by atoms with Crippen LogP contribution in [0.4, 0.5) is 0 Å². The summed E-state index contributed by atoms with van der Waals surface area (Å²) in [6.45, 7) is 13.6. The number of rotatable bonds is 6. The van der Waals surface area contributed by atoms with E-state index in [-0.39, 0.29) is 18.2 Å². The molecule has 0 unspecified atom stereocenters. The van der Waals surface area contributed by atoms with Crippen molar-refractivity contribution in [2.75, 3.05) is 0 Å². The highest BCUT2D eigenvalue weighted by atomic mass is 16.5. The Kier molecular flexibility index (Phi) is 6.90. The quantitative estimate of drug-likeness (QED) is 0.357. The summed E-state index contributed by atoms with van der Waals surface area (Å²) >= 11 is 0. The predicted octanol–water partition coefficient (Wildman–Crippen LogP) is 6.93. The topological polar surface area (TPSA) is 46.5 Å². The Hall–Kier alpha value is -0.830. The zero-order chi connectivity index (χ0) is 23.3. The minimum atomic E-state index is -0.125. The summed E-state index contributed by atoms with van der Waals surface area (Å²) < 4.78 is 5.93. The first-order chi connectivity index (χ1) is 15.1. The standard InChI is InChI=1S/C29H48O3/c1-18(2)7-12-27(32-20(4)30)19(3)24-10-11-25-23-9-8-21-17-22(31)13-15-28(21,5)26(23)14-16-29(24,25)6/h8,18-19,22-27,31H,7,9-17H2,1-6H3/t19-,22-,23-,24+,25-,26-,27-,28-,29+/m0/s1. The number of carbonyl (C=O) groups is 1. The third-order valence-corrected chi connectivity index (χ3v) is 10.7. The van der Waals surface area contributed by atoms with Crippen LogP contribution in [0.1, 0.15) is 106 Å². The predicted molar refractivity (Wildman–Crippen MR) is 130 cm³/mol. The van der Waals surface area contributed by atoms with Crippen LogP contribution >= 0.6 is 0 Å². The number of fused-ring (bicyclic) bond motifs is 5. The van der Waals surface area contributed by atoms with Gasteiger partial charge in [0, 0.05) is 6.92 Å². The molecular weight excluding hydrogens is 396 g/mol. The molecule has 0 amide bonds. The number of hydrogen-bond acceptors (Lipinski definition) is 3. The Morgan fingerprint density at radius 2 is 1.84 bits per heavy atom. The van der Waals surface area contributed by atoms with Crippen molar-refractivity contribution in [3.05, 3.63) is 11.6 Å². The Bertz CT molecular complexity index is 726. The average Bonchev–Trinajstić information content (AvgIpc) is 3.08. The molecule has 0 radical (unpaired) electrons. The van der Waals surface area contributed by atoms with Crippen LogP contribution in [0, 0.1) is 46.3 Å². The third kappa shape index (κ3) is 4.21. The van der Waals surface area contributed by atoms with Crippen molar-refractivity contribution in [2.45, 2.75) is 118 Å². The first-order valence-corrected chi connectivity index (χ1v) is 13.6. The number of esters is 1. The molecule has 0 spiro atoms. The maximum Gasteiger partial charge on any atom is 0.302 e. The van der Waals surface area contributed by atoms with Crippen molar-refractivity contribution in [3.63, 3.8) is 0 Å². The number of ether oxygens (including phenoxy) is 1. The molecule has 1 N–H and O–H groups in total. The van der Waals surface area contributed by atoms with Crippen LogP contribution in [-0.4, -0.2) is 23.3 Å². The minimum Gasteiger partial charge on any atom is -0.462 e. The maximum atomic E-state index is 11.9. The van der Waals surface area contributed by atoms with E-state index < -0.39 is 0 Å². The zero-order valence-corrected chi connectivity index (χ0v) is 21.5. The second-order valence-electron chi connectivity index (χ2n) is 12.9. The Morgan fingerprint density at radius 3 is 2.53 bits per heavy atom. The maximum absolute atomic E-state index is 11.9. The van der Waals surface area contributed by atoms with Crippen molar-refractivity contribution in [1.82, 2.24) is 0 Å². The van der Waals surface area contributed by atoms with Crippen LogP contribution in [0.3, 0.4) is 0 Å². The van der Waals surface area contributed by atoms with Crippen molar-refractivity contribution in [3.8, 4) is 0 Å². The number of allylic oxidation sites excluding steroid dienone is 1. The fourth-order valence-electron chi connectivity index (χ4n) is 8.94. The van der Waals surface area contributed by atoms with Gasteiger partial charge >= 0.3 is 5.97 Å². The van der Waals surface area contributed by atoms with Gasteiger partial charge < -0.3 is 9.84 Å². The summed E-state index contributed by atoms with van der Waals surface area (Å²) in [7, 11) is 0. The van der Waals surface area contributed by atoms with E-state index in [2.05, 4.69) is 40.7 Å². The number of hydrogen-bond donors (Lipinski definition) is 1. The van der Waals surface area contributed by atoms with Gasteiger partial charge in [-0.25, -0.2) is 0 Å². The highest BCUT2D eigenvalue weighted by molar-refractivity contribution is 5.66. The molecule has 9 atom stereocenters. The summed E-state index contributed by atoms with van der Waals surface area (Å²) in [6, 6.07) is 0. The third-order valence-electron chi connectivity index (χ3n) is 10.7. The lowest BCUT2D eigenvalue weighted by Gasteiger charge is -2.58. The van der Waals surface area contributed by atoms with Gasteiger partial charge in [-0.3, -0.25) is 4.79 Å². The van der Waals surface area contributed by atoms with Crippen LogP contribution in [0.5, 0.6) is 0 Å². The van der Waals surface area contributed by atoms with Crippen molar-refractivity contribution >= 4 is 5.97 Å². The number of aliphatic hydroxyl groups is 1. The SMILES string of the molecule is CC(=O)O[C@@H](CCC(C)C)[C@@H](C)[C@H]1CC[C@H]2[C@@H]3CC=C4C[C@@H](O)CC[C@]4(C)[C@H]3CC[C@]12C. The number of aliphatic hydroxyl groups excluding tert-OH is 1. The van der Waals surface area contributed by atoms with Gasteiger partial charge in [-0.1, -0.05) is 46.3 Å². The molecule has 0 saturated heterocycles. The lowest BCUT2D eigenvalue weighted by atomic mass is 9.47. The van der Waals surface area contributed by atoms with E-state index in [1.54, 1.807) is 12.5 Å². The van der Waals surface area contributed by atoms with E-state index in [4.69, 9.17) is 4.74 Å². The largest absolute Gasteiger partial charge is 0.462 e. The minimum absolute atomic E-state index is 0.0587. The van der Waals surface area contributed by atoms with E-state index in [0.717, 1.165) is 49.9 Å². The molecular formula is C29H48O3. The van der Waals surface area contributed by atoms with Crippen LogP contribution in [0.2, 0.25) is 0 Å². The van der Waals surface area contributed by atoms with Crippen molar-refractivity contribution in [2.24, 2.45) is 46.3 Å². The molecule has 0 aromatic carbocycles. The van der Waals surface area contributed by atoms with E-state index in [0.29, 0.717) is 28.6 Å². The van der Waals surface area contributed by atoms with E-state index >= 15 is 0 Å². The molecule has 0 aromatic heterocycles. The Morgan fingerprint density at radius 1 is 1.09 bits per heavy atom. The molecule has 4 rings (SSSR count). The highest BCUT2D eigenvalue weighted by Crippen LogP contribution is 2.67. The van der Waals surface area contributed by atoms with Gasteiger partial charge in [-0.2, -0.15) is 0 Å². The van der Waals surface area contributed by atoms with Gasteiger partial charge in [0.25, 0.3) is 0 Å². The first kappa shape index (κ1) is 24.3. The van der Waals surface area contributed by atoms with Crippen LogP contribution in [-0.2, 0) is 9.53 Å². The summed E-state index contributed by atoms with van der Waals surface area (Å²) in [5, 5.41) is 10.3. The van der Waals surface area contributed by atoms with Crippen molar-refractivity contribution < 1.29 is 14.6 Å². The zero-order valence-electron chi connectivity index (χ0n) is 21.5. The Balaban J connectivity index is 1.54. The molecule has 32 heavy (non-hydrogen) atoms. The second kappa shape index (κ2) is 9.08. The molecule has 3 nitrogen and oxygen atoms in total. The first-order valence-electron chi connectivity index (χ1n) is 13.6. The Labute approximate surface area is 196 Å². The van der Waals surface area contributed by atoms with Crippen molar-refractivity contribution in [1.29, 1.82) is 0 Å². The fourth-order valence-corrected chi connectivity index (χ4v) is 8.94. The molecule has 3 fully saturated rings. The lowest BCUT2D eigenvalue weighted by molar-refractivity contribution is -0.152. The monoisotopic (exact) mass is 444 g/mol. The molecule has 0 bridgehead atoms. The molecule has 0 aromatic rings. The normalized spacial score (nSPS) is 43.0. The molecule has 4 aliphatic carbocycles. The highest BCUT2D eigenvalue weighted by Gasteiger charge is 2.59. The van der Waals surface area contributed by atoms with Gasteiger partial charge in [-0.15, -0.1) is 0 Å². The van der Waals surface area contributed by atoms with Crippen LogP contribution < -0.4 is 0 Å². The summed E-state index contributed by atoms with van der Waals surface area (Å²) in [5.74, 6) is 3.96. The molecule has 4 aliphatic rings. The second-order valence-corrected chi connectivity index (χ2v) is 12.9. The fraction of sp³-hybridized carbons (Fsp3) is 0.897. The molecule has 3 heteroatoms. The summed E-state index contributed by atoms with van der Waals surface area (Å²) in [4.78, 5) is 11.9. The lowest BCUT2D eigenvalue weighted by Crippen LogP contribution is -2.51. The summed E-state index contributed by atoms with van der Waals surface area (Å²) in [5.41, 5.74) is 2.24. The molecule has 3 saturated carbocycles. The summed E-state index contributed by atoms with van der Waals surface area (Å²) in [6.07, 6.45) is 14.1. The van der Waals surface area contributed by atoms with Crippen LogP contribution in [0.15, 0.2) is 11.6 Å². The smallest absolute Gasteiger partial charge is 0.302 e. The van der Waals surface area contributed by atoms with Gasteiger partial charge in [0.2, 0.25) is 0 Å². The van der Waals surface area contributed by atoms with Gasteiger partial charge in [0.15, 0.2) is 0 Å². The molecule has 182 valence electrons. The van der Waals surface area contributed by atoms with Gasteiger partial charge in [0.1, 0.15) is 6.10 Å². The van der Waals surface area contributed by atoms with Gasteiger partial charge in [0.05, 0.1) is 6.10 Å². The van der Waals surface area contributed by atoms with E-state index in [1.165, 1.54) is 32.1 Å².